The molecule has 23 heavy (non-hydrogen) atoms. The molecule has 0 atom stereocenters. The first-order valence-electron chi connectivity index (χ1n) is 7.48. The molecule has 1 N–H and O–H groups in total. The zero-order valence-corrected chi connectivity index (χ0v) is 12.5. The molecule has 0 saturated carbocycles. The van der Waals surface area contributed by atoms with Crippen LogP contribution in [0, 0.1) is 5.82 Å². The zero-order valence-electron chi connectivity index (χ0n) is 12.5. The highest BCUT2D eigenvalue weighted by Gasteiger charge is 2.23. The number of amides is 1. The summed E-state index contributed by atoms with van der Waals surface area (Å²) in [6.07, 6.45) is 2.11. The van der Waals surface area contributed by atoms with Crippen LogP contribution in [0.15, 0.2) is 42.6 Å². The highest BCUT2D eigenvalue weighted by Crippen LogP contribution is 2.22. The van der Waals surface area contributed by atoms with Gasteiger partial charge in [-0.3, -0.25) is 0 Å². The molecule has 1 amide bonds. The van der Waals surface area contributed by atoms with E-state index in [2.05, 4.69) is 4.98 Å². The van der Waals surface area contributed by atoms with Crippen molar-refractivity contribution in [3.63, 3.8) is 0 Å². The molecule has 0 spiro atoms. The monoisotopic (exact) mass is 316 g/mol. The lowest BCUT2D eigenvalue weighted by atomic mass is 10.1. The molecule has 2 heterocycles. The summed E-state index contributed by atoms with van der Waals surface area (Å²) in [6, 6.07) is 9.89. The van der Waals surface area contributed by atoms with Crippen molar-refractivity contribution in [3.8, 4) is 17.0 Å². The Morgan fingerprint density at radius 1 is 1.13 bits per heavy atom. The predicted octanol–water partition coefficient (Wildman–Crippen LogP) is 3.41. The van der Waals surface area contributed by atoms with Gasteiger partial charge in [-0.1, -0.05) is 12.1 Å². The zero-order chi connectivity index (χ0) is 16.2. The maximum atomic E-state index is 12.9. The van der Waals surface area contributed by atoms with E-state index in [1.54, 1.807) is 24.4 Å². The van der Waals surface area contributed by atoms with Gasteiger partial charge in [-0.15, -0.1) is 0 Å². The number of rotatable bonds is 3. The lowest BCUT2D eigenvalue weighted by Crippen LogP contribution is -2.41. The average molecular weight is 316 g/mol. The first kappa shape index (κ1) is 15.3. The Labute approximate surface area is 133 Å². The van der Waals surface area contributed by atoms with Crippen molar-refractivity contribution >= 4 is 6.09 Å². The van der Waals surface area contributed by atoms with Gasteiger partial charge in [-0.2, -0.15) is 0 Å². The fraction of sp³-hybridized carbons (Fsp3) is 0.294. The predicted molar refractivity (Wildman–Crippen MR) is 82.9 cm³/mol. The molecule has 1 saturated heterocycles. The second kappa shape index (κ2) is 6.64. The van der Waals surface area contributed by atoms with Crippen LogP contribution in [0.1, 0.15) is 12.8 Å². The Morgan fingerprint density at radius 3 is 2.35 bits per heavy atom. The molecule has 1 fully saturated rings. The fourth-order valence-electron chi connectivity index (χ4n) is 2.60. The Balaban J connectivity index is 1.60. The third-order valence-electron chi connectivity index (χ3n) is 3.91. The molecule has 2 aromatic rings. The second-order valence-corrected chi connectivity index (χ2v) is 5.48. The van der Waals surface area contributed by atoms with E-state index in [1.165, 1.54) is 17.0 Å². The van der Waals surface area contributed by atoms with Gasteiger partial charge in [-0.05, 0) is 23.8 Å². The number of hydrogen-bond acceptors (Lipinski definition) is 3. The highest BCUT2D eigenvalue weighted by atomic mass is 19.1. The number of carboxylic acid groups (broad SMARTS) is 1. The van der Waals surface area contributed by atoms with E-state index < -0.39 is 6.09 Å². The van der Waals surface area contributed by atoms with Crippen molar-refractivity contribution in [1.29, 1.82) is 0 Å². The number of carbonyl (C=O) groups is 1. The van der Waals surface area contributed by atoms with Crippen LogP contribution in [0.4, 0.5) is 9.18 Å². The summed E-state index contributed by atoms with van der Waals surface area (Å²) in [4.78, 5) is 16.5. The number of pyridine rings is 1. The van der Waals surface area contributed by atoms with Crippen LogP contribution in [-0.4, -0.2) is 40.3 Å². The highest BCUT2D eigenvalue weighted by molar-refractivity contribution is 5.65. The van der Waals surface area contributed by atoms with Crippen LogP contribution in [0.5, 0.6) is 5.88 Å². The molecule has 1 aromatic heterocycles. The molecule has 0 aliphatic carbocycles. The molecule has 0 unspecified atom stereocenters. The van der Waals surface area contributed by atoms with Crippen molar-refractivity contribution < 1.29 is 19.0 Å². The first-order valence-corrected chi connectivity index (χ1v) is 7.48. The summed E-state index contributed by atoms with van der Waals surface area (Å²) < 4.78 is 18.7. The van der Waals surface area contributed by atoms with Gasteiger partial charge in [0.25, 0.3) is 0 Å². The van der Waals surface area contributed by atoms with Gasteiger partial charge in [-0.25, -0.2) is 14.2 Å². The summed E-state index contributed by atoms with van der Waals surface area (Å²) in [5.41, 5.74) is 1.78. The molecule has 1 aromatic carbocycles. The van der Waals surface area contributed by atoms with Crippen molar-refractivity contribution in [3.05, 3.63) is 48.4 Å². The van der Waals surface area contributed by atoms with Crippen LogP contribution in [-0.2, 0) is 0 Å². The van der Waals surface area contributed by atoms with Gasteiger partial charge >= 0.3 is 6.09 Å². The van der Waals surface area contributed by atoms with E-state index >= 15 is 0 Å². The van der Waals surface area contributed by atoms with Crippen LogP contribution < -0.4 is 4.74 Å². The first-order chi connectivity index (χ1) is 11.1. The SMILES string of the molecule is O=C(O)N1CCC(Oc2ccc(-c3ccc(F)cc3)cn2)CC1. The summed E-state index contributed by atoms with van der Waals surface area (Å²) in [7, 11) is 0. The fourth-order valence-corrected chi connectivity index (χ4v) is 2.60. The van der Waals surface area contributed by atoms with Crippen LogP contribution in [0.25, 0.3) is 11.1 Å². The van der Waals surface area contributed by atoms with Crippen LogP contribution >= 0.6 is 0 Å². The van der Waals surface area contributed by atoms with Gasteiger partial charge in [0.1, 0.15) is 11.9 Å². The minimum absolute atomic E-state index is 0.0187. The second-order valence-electron chi connectivity index (χ2n) is 5.48. The lowest BCUT2D eigenvalue weighted by Gasteiger charge is -2.29. The summed E-state index contributed by atoms with van der Waals surface area (Å²) >= 11 is 0. The molecular formula is C17H17FN2O3. The van der Waals surface area contributed by atoms with E-state index in [-0.39, 0.29) is 11.9 Å². The number of nitrogens with zero attached hydrogens (tertiary/aromatic N) is 2. The van der Waals surface area contributed by atoms with Crippen molar-refractivity contribution in [2.75, 3.05) is 13.1 Å². The molecular weight excluding hydrogens is 299 g/mol. The van der Waals surface area contributed by atoms with Crippen LogP contribution in [0.3, 0.4) is 0 Å². The molecule has 1 aliphatic heterocycles. The van der Waals surface area contributed by atoms with E-state index in [0.29, 0.717) is 31.8 Å². The molecule has 120 valence electrons. The Morgan fingerprint density at radius 2 is 1.78 bits per heavy atom. The number of aromatic nitrogens is 1. The van der Waals surface area contributed by atoms with Gasteiger partial charge in [0.2, 0.25) is 5.88 Å². The number of piperidine rings is 1. The normalized spacial score (nSPS) is 15.4. The van der Waals surface area contributed by atoms with E-state index in [9.17, 15) is 9.18 Å². The molecule has 5 nitrogen and oxygen atoms in total. The maximum absolute atomic E-state index is 12.9. The smallest absolute Gasteiger partial charge is 0.407 e. The topological polar surface area (TPSA) is 62.7 Å². The number of benzene rings is 1. The summed E-state index contributed by atoms with van der Waals surface area (Å²) in [6.45, 7) is 0.960. The quantitative estimate of drug-likeness (QED) is 0.942. The van der Waals surface area contributed by atoms with Gasteiger partial charge in [0.05, 0.1) is 0 Å². The largest absolute Gasteiger partial charge is 0.474 e. The third-order valence-corrected chi connectivity index (χ3v) is 3.91. The summed E-state index contributed by atoms with van der Waals surface area (Å²) in [5.74, 6) is 0.249. The number of hydrogen-bond donors (Lipinski definition) is 1. The number of ether oxygens (including phenoxy) is 1. The Bertz CT molecular complexity index is 665. The number of halogens is 1. The maximum Gasteiger partial charge on any atom is 0.407 e. The molecule has 6 heteroatoms. The minimum Gasteiger partial charge on any atom is -0.474 e. The third kappa shape index (κ3) is 3.77. The lowest BCUT2D eigenvalue weighted by molar-refractivity contribution is 0.0871. The minimum atomic E-state index is -0.884. The number of likely N-dealkylation sites (tertiary alicyclic amines) is 1. The standard InChI is InChI=1S/C17H17FN2O3/c18-14-4-1-12(2-5-14)13-3-6-16(19-11-13)23-15-7-9-20(10-8-15)17(21)22/h1-6,11,15H,7-10H2,(H,21,22). The van der Waals surface area contributed by atoms with Gasteiger partial charge < -0.3 is 14.7 Å². The van der Waals surface area contributed by atoms with Crippen molar-refractivity contribution in [1.82, 2.24) is 9.88 Å². The van der Waals surface area contributed by atoms with Gasteiger partial charge in [0, 0.05) is 43.8 Å². The van der Waals surface area contributed by atoms with E-state index in [0.717, 1.165) is 11.1 Å². The van der Waals surface area contributed by atoms with Crippen molar-refractivity contribution in [2.45, 2.75) is 18.9 Å². The molecule has 0 radical (unpaired) electrons. The summed E-state index contributed by atoms with van der Waals surface area (Å²) in [5, 5.41) is 8.92. The van der Waals surface area contributed by atoms with Gasteiger partial charge in [0.15, 0.2) is 0 Å². The van der Waals surface area contributed by atoms with E-state index in [1.807, 2.05) is 6.07 Å². The average Bonchev–Trinajstić information content (AvgIpc) is 2.57. The van der Waals surface area contributed by atoms with E-state index in [4.69, 9.17) is 9.84 Å². The molecule has 0 bridgehead atoms. The molecule has 3 rings (SSSR count). The van der Waals surface area contributed by atoms with Crippen LogP contribution in [0.2, 0.25) is 0 Å². The Kier molecular flexibility index (Phi) is 4.41. The molecule has 1 aliphatic rings. The van der Waals surface area contributed by atoms with Crippen molar-refractivity contribution in [2.24, 2.45) is 0 Å². The Hall–Kier alpha value is -2.63.